The summed E-state index contributed by atoms with van der Waals surface area (Å²) in [4.78, 5) is 11.2. The average Bonchev–Trinajstić information content (AvgIpc) is 1.98. The lowest BCUT2D eigenvalue weighted by molar-refractivity contribution is -0.631. The van der Waals surface area contributed by atoms with Gasteiger partial charge in [-0.2, -0.15) is 0 Å². The van der Waals surface area contributed by atoms with Crippen LogP contribution in [0.15, 0.2) is 0 Å². The molecule has 3 heteroatoms. The van der Waals surface area contributed by atoms with E-state index in [-0.39, 0.29) is 11.8 Å². The van der Waals surface area contributed by atoms with Crippen LogP contribution >= 0.6 is 0 Å². The van der Waals surface area contributed by atoms with Crippen LogP contribution in [0.2, 0.25) is 0 Å². The summed E-state index contributed by atoms with van der Waals surface area (Å²) in [6.45, 7) is 5.02. The third-order valence-corrected chi connectivity index (χ3v) is 1.88. The summed E-state index contributed by atoms with van der Waals surface area (Å²) in [5, 5.41) is 4.71. The van der Waals surface area contributed by atoms with E-state index in [1.165, 1.54) is 0 Å². The number of hydrogen-bond acceptors (Lipinski definition) is 1. The molecular weight excluding hydrogens is 140 g/mol. The Morgan fingerprint density at radius 2 is 2.09 bits per heavy atom. The van der Waals surface area contributed by atoms with Crippen molar-refractivity contribution >= 4 is 5.91 Å². The molecule has 66 valence electrons. The van der Waals surface area contributed by atoms with Crippen LogP contribution in [-0.4, -0.2) is 26.5 Å². The monoisotopic (exact) mass is 159 g/mol. The van der Waals surface area contributed by atoms with Gasteiger partial charge in [0.25, 0.3) is 0 Å². The van der Waals surface area contributed by atoms with Gasteiger partial charge < -0.3 is 10.6 Å². The van der Waals surface area contributed by atoms with Crippen LogP contribution in [0.25, 0.3) is 0 Å². The van der Waals surface area contributed by atoms with Crippen molar-refractivity contribution in [2.75, 3.05) is 20.6 Å². The molecule has 3 nitrogen and oxygen atoms in total. The molecule has 0 aromatic rings. The van der Waals surface area contributed by atoms with E-state index in [1.54, 1.807) is 7.05 Å². The number of nitrogens with one attached hydrogen (secondary N) is 1. The molecule has 11 heavy (non-hydrogen) atoms. The molecule has 1 unspecified atom stereocenters. The Balaban J connectivity index is 3.98. The first-order chi connectivity index (χ1) is 5.13. The van der Waals surface area contributed by atoms with Crippen molar-refractivity contribution < 1.29 is 10.1 Å². The third kappa shape index (κ3) is 3.37. The normalized spacial score (nSPS) is 13.2. The smallest absolute Gasteiger partial charge is 0.228 e. The van der Waals surface area contributed by atoms with Gasteiger partial charge in [-0.1, -0.05) is 13.8 Å². The van der Waals surface area contributed by atoms with Crippen LogP contribution in [0.3, 0.4) is 0 Å². The summed E-state index contributed by atoms with van der Waals surface area (Å²) in [6.07, 6.45) is 0. The molecule has 0 aliphatic rings. The lowest BCUT2D eigenvalue weighted by atomic mass is 9.95. The minimum atomic E-state index is 0.144. The predicted octanol–water partition coefficient (Wildman–Crippen LogP) is -0.802. The third-order valence-electron chi connectivity index (χ3n) is 1.88. The highest BCUT2D eigenvalue weighted by Gasteiger charge is 2.21. The van der Waals surface area contributed by atoms with Crippen molar-refractivity contribution in [3.05, 3.63) is 0 Å². The molecule has 0 radical (unpaired) electrons. The highest BCUT2D eigenvalue weighted by Crippen LogP contribution is 2.07. The standard InChI is InChI=1S/C8H18N2O/c1-6(2)7(5-9-3)8(11)10-4/h6-7,9H,5H2,1-4H3,(H,10,11)/p+1. The molecule has 1 atom stereocenters. The SMILES string of the molecule is CNC(=O)C(C[NH2+]C)C(C)C. The van der Waals surface area contributed by atoms with E-state index in [0.29, 0.717) is 5.92 Å². The van der Waals surface area contributed by atoms with Crippen molar-refractivity contribution in [2.45, 2.75) is 13.8 Å². The highest BCUT2D eigenvalue weighted by molar-refractivity contribution is 5.78. The van der Waals surface area contributed by atoms with Gasteiger partial charge in [-0.15, -0.1) is 0 Å². The minimum absolute atomic E-state index is 0.144. The molecule has 0 spiro atoms. The zero-order valence-corrected chi connectivity index (χ0v) is 7.85. The summed E-state index contributed by atoms with van der Waals surface area (Å²) in [5.74, 6) is 0.717. The van der Waals surface area contributed by atoms with Crippen LogP contribution in [0.4, 0.5) is 0 Å². The maximum Gasteiger partial charge on any atom is 0.228 e. The molecule has 0 aromatic carbocycles. The van der Waals surface area contributed by atoms with Crippen molar-refractivity contribution in [1.82, 2.24) is 5.32 Å². The Morgan fingerprint density at radius 3 is 2.36 bits per heavy atom. The first-order valence-electron chi connectivity index (χ1n) is 4.12. The largest absolute Gasteiger partial charge is 0.359 e. The van der Waals surface area contributed by atoms with Gasteiger partial charge in [-0.25, -0.2) is 0 Å². The number of hydrogen-bond donors (Lipinski definition) is 2. The van der Waals surface area contributed by atoms with E-state index < -0.39 is 0 Å². The first-order valence-corrected chi connectivity index (χ1v) is 4.12. The van der Waals surface area contributed by atoms with Gasteiger partial charge in [0.05, 0.1) is 19.5 Å². The second-order valence-corrected chi connectivity index (χ2v) is 3.11. The molecule has 0 fully saturated rings. The van der Waals surface area contributed by atoms with Crippen LogP contribution in [0.1, 0.15) is 13.8 Å². The van der Waals surface area contributed by atoms with E-state index >= 15 is 0 Å². The zero-order chi connectivity index (χ0) is 8.85. The molecule has 0 aromatic heterocycles. The fraction of sp³-hybridized carbons (Fsp3) is 0.875. The Morgan fingerprint density at radius 1 is 1.55 bits per heavy atom. The molecule has 0 aliphatic carbocycles. The molecule has 0 saturated carbocycles. The number of quaternary nitrogens is 1. The lowest BCUT2D eigenvalue weighted by Gasteiger charge is -2.16. The molecule has 0 bridgehead atoms. The Hall–Kier alpha value is -0.570. The maximum absolute atomic E-state index is 11.2. The van der Waals surface area contributed by atoms with Gasteiger partial charge >= 0.3 is 0 Å². The van der Waals surface area contributed by atoms with E-state index in [2.05, 4.69) is 19.2 Å². The van der Waals surface area contributed by atoms with Gasteiger partial charge in [-0.05, 0) is 5.92 Å². The molecular formula is C8H19N2O+. The Labute approximate surface area is 68.6 Å². The highest BCUT2D eigenvalue weighted by atomic mass is 16.1. The second-order valence-electron chi connectivity index (χ2n) is 3.11. The van der Waals surface area contributed by atoms with E-state index in [9.17, 15) is 4.79 Å². The van der Waals surface area contributed by atoms with E-state index in [1.807, 2.05) is 12.4 Å². The second kappa shape index (κ2) is 5.13. The summed E-state index contributed by atoms with van der Waals surface area (Å²) >= 11 is 0. The molecule has 0 saturated heterocycles. The number of nitrogens with two attached hydrogens (primary N) is 1. The van der Waals surface area contributed by atoms with Gasteiger partial charge in [0, 0.05) is 7.05 Å². The molecule has 0 rings (SSSR count). The van der Waals surface area contributed by atoms with Gasteiger partial charge in [-0.3, -0.25) is 4.79 Å². The fourth-order valence-electron chi connectivity index (χ4n) is 1.12. The van der Waals surface area contributed by atoms with Crippen LogP contribution in [0, 0.1) is 11.8 Å². The molecule has 0 heterocycles. The summed E-state index contributed by atoms with van der Waals surface area (Å²) in [7, 11) is 3.67. The van der Waals surface area contributed by atoms with Crippen LogP contribution in [-0.2, 0) is 4.79 Å². The van der Waals surface area contributed by atoms with Crippen molar-refractivity contribution in [3.63, 3.8) is 0 Å². The van der Waals surface area contributed by atoms with Crippen LogP contribution in [0.5, 0.6) is 0 Å². The summed E-state index contributed by atoms with van der Waals surface area (Å²) < 4.78 is 0. The minimum Gasteiger partial charge on any atom is -0.359 e. The molecule has 3 N–H and O–H groups in total. The topological polar surface area (TPSA) is 45.7 Å². The average molecular weight is 159 g/mol. The van der Waals surface area contributed by atoms with Crippen molar-refractivity contribution in [1.29, 1.82) is 0 Å². The molecule has 1 amide bonds. The van der Waals surface area contributed by atoms with E-state index in [0.717, 1.165) is 6.54 Å². The Bertz CT molecular complexity index is 123. The van der Waals surface area contributed by atoms with Crippen molar-refractivity contribution in [3.8, 4) is 0 Å². The van der Waals surface area contributed by atoms with Crippen LogP contribution < -0.4 is 10.6 Å². The quantitative estimate of drug-likeness (QED) is 0.554. The number of carbonyl (C=O) groups excluding carboxylic acids is 1. The Kier molecular flexibility index (Phi) is 4.86. The van der Waals surface area contributed by atoms with Gasteiger partial charge in [0.1, 0.15) is 0 Å². The number of rotatable bonds is 4. The van der Waals surface area contributed by atoms with Crippen molar-refractivity contribution in [2.24, 2.45) is 11.8 Å². The predicted molar refractivity (Wildman–Crippen MR) is 45.1 cm³/mol. The van der Waals surface area contributed by atoms with Gasteiger partial charge in [0.2, 0.25) is 5.91 Å². The summed E-state index contributed by atoms with van der Waals surface area (Å²) in [6, 6.07) is 0. The molecule has 0 aliphatic heterocycles. The number of amides is 1. The maximum atomic E-state index is 11.2. The zero-order valence-electron chi connectivity index (χ0n) is 7.85. The summed E-state index contributed by atoms with van der Waals surface area (Å²) in [5.41, 5.74) is 0. The fourth-order valence-corrected chi connectivity index (χ4v) is 1.12. The number of carbonyl (C=O) groups is 1. The first kappa shape index (κ1) is 10.4. The lowest BCUT2D eigenvalue weighted by Crippen LogP contribution is -2.82. The van der Waals surface area contributed by atoms with E-state index in [4.69, 9.17) is 0 Å². The van der Waals surface area contributed by atoms with Gasteiger partial charge in [0.15, 0.2) is 0 Å².